The first-order valence-electron chi connectivity index (χ1n) is 21.9. The number of carbonyl (C=O) groups excluding carboxylic acids is 2. The molecule has 7 N–H and O–H groups in total. The van der Waals surface area contributed by atoms with Crippen LogP contribution in [0, 0.1) is 37.5 Å². The fraction of sp³-hybridized carbons (Fsp3) is 0.800. The minimum absolute atomic E-state index is 0. The fourth-order valence-electron chi connectivity index (χ4n) is 11.6. The number of anilines is 3. The van der Waals surface area contributed by atoms with Gasteiger partial charge in [-0.05, 0) is 146 Å². The molecule has 4 unspecified atom stereocenters. The van der Waals surface area contributed by atoms with E-state index in [4.69, 9.17) is 21.1 Å². The zero-order chi connectivity index (χ0) is 41.3. The lowest BCUT2D eigenvalue weighted by atomic mass is 9.65. The van der Waals surface area contributed by atoms with Crippen molar-refractivity contribution in [1.29, 1.82) is 0 Å². The van der Waals surface area contributed by atoms with Gasteiger partial charge in [0, 0.05) is 45.3 Å². The average molecular weight is 876 g/mol. The van der Waals surface area contributed by atoms with Gasteiger partial charge in [-0.3, -0.25) is 0 Å². The Morgan fingerprint density at radius 3 is 1.42 bits per heavy atom. The van der Waals surface area contributed by atoms with E-state index in [2.05, 4.69) is 72.0 Å². The number of aryl methyl sites for hydroxylation is 2. The van der Waals surface area contributed by atoms with Crippen molar-refractivity contribution >= 4 is 53.9 Å². The van der Waals surface area contributed by atoms with Gasteiger partial charge in [-0.2, -0.15) is 24.9 Å². The predicted octanol–water partition coefficient (Wildman–Crippen LogP) is 4.20. The minimum atomic E-state index is -0.432. The van der Waals surface area contributed by atoms with Crippen molar-refractivity contribution in [2.24, 2.45) is 29.4 Å². The number of hydrogen-bond donors (Lipinski definition) is 6. The summed E-state index contributed by atoms with van der Waals surface area (Å²) in [6, 6.07) is 0.119. The second kappa shape index (κ2) is 18.8. The highest BCUT2D eigenvalue weighted by Crippen LogP contribution is 2.53. The van der Waals surface area contributed by atoms with E-state index in [1.807, 2.05) is 13.8 Å². The van der Waals surface area contributed by atoms with Gasteiger partial charge >= 0.3 is 12.1 Å². The molecule has 12 rings (SSSR count). The lowest BCUT2D eigenvalue weighted by Crippen LogP contribution is -2.65. The second-order valence-corrected chi connectivity index (χ2v) is 18.4. The van der Waals surface area contributed by atoms with Crippen molar-refractivity contribution < 1.29 is 19.1 Å². The first-order chi connectivity index (χ1) is 28.5. The Hall–Kier alpha value is -3.58. The smallest absolute Gasteiger partial charge is 0.317 e. The van der Waals surface area contributed by atoms with Gasteiger partial charge < -0.3 is 51.6 Å². The van der Waals surface area contributed by atoms with E-state index in [0.29, 0.717) is 53.5 Å². The molecule has 6 aliphatic heterocycles. The SMILES string of the molecule is CN.CNc1nc(C)nc(N2CCC(NC(=O)NC34CC5CC(CC(C5)O3)C4)CC2)n1.Cc1nc(Cl)nc(N2CCC(NC(=O)NC34CC5CC(CC(C5)O3)C4)CC2)n1.Cl. The Kier molecular flexibility index (Phi) is 13.9. The van der Waals surface area contributed by atoms with E-state index >= 15 is 0 Å². The molecule has 18 nitrogen and oxygen atoms in total. The Balaban J connectivity index is 0.000000172. The largest absolute Gasteiger partial charge is 0.357 e. The third-order valence-electron chi connectivity index (χ3n) is 13.6. The Bertz CT molecular complexity index is 1720. The van der Waals surface area contributed by atoms with Crippen LogP contribution in [0.5, 0.6) is 0 Å². The standard InChI is InChI=1S/C20H31N7O2.C19H27ClN6O2.CH5N.ClH/c1-12-22-17(21-2)25-18(23-12)27-5-3-15(4-6-27)24-19(28)26-20-10-13-7-14(11-20)9-16(8-13)29-20;1-11-21-16(20)24-17(22-11)26-4-2-14(3-5-26)23-18(27)25-19-9-12-6-13(10-19)8-15(7-12)28-19;1-2;/h13-16H,3-11H2,1-2H3,(H2,24,26,28)(H,21,22,23,25);12-15H,2-10H2,1H3,(H2,23,25,27);2H2,1H3;1H. The summed E-state index contributed by atoms with van der Waals surface area (Å²) in [6.07, 6.45) is 15.3. The normalized spacial score (nSPS) is 32.4. The quantitative estimate of drug-likeness (QED) is 0.230. The number of hydrogen-bond acceptors (Lipinski definition) is 14. The molecule has 4 amide bonds. The van der Waals surface area contributed by atoms with Crippen molar-refractivity contribution in [3.8, 4) is 0 Å². The van der Waals surface area contributed by atoms with Crippen LogP contribution in [0.1, 0.15) is 102 Å². The van der Waals surface area contributed by atoms with Gasteiger partial charge in [0.1, 0.15) is 23.1 Å². The van der Waals surface area contributed by atoms with Crippen LogP contribution in [0.25, 0.3) is 0 Å². The molecule has 10 fully saturated rings. The van der Waals surface area contributed by atoms with E-state index in [1.54, 1.807) is 7.05 Å². The summed E-state index contributed by atoms with van der Waals surface area (Å²) >= 11 is 5.95. The molecule has 20 heteroatoms. The van der Waals surface area contributed by atoms with E-state index in [9.17, 15) is 9.59 Å². The summed E-state index contributed by atoms with van der Waals surface area (Å²) in [5.74, 6) is 6.08. The Morgan fingerprint density at radius 1 is 0.633 bits per heavy atom. The molecule has 8 bridgehead atoms. The van der Waals surface area contributed by atoms with E-state index in [-0.39, 0.29) is 41.8 Å². The summed E-state index contributed by atoms with van der Waals surface area (Å²) in [4.78, 5) is 55.4. The highest BCUT2D eigenvalue weighted by Gasteiger charge is 2.54. The van der Waals surface area contributed by atoms with Crippen LogP contribution in [0.3, 0.4) is 0 Å². The highest BCUT2D eigenvalue weighted by atomic mass is 35.5. The number of carbonyl (C=O) groups is 2. The zero-order valence-electron chi connectivity index (χ0n) is 35.4. The first-order valence-corrected chi connectivity index (χ1v) is 22.2. The van der Waals surface area contributed by atoms with Gasteiger partial charge in [0.05, 0.1) is 12.2 Å². The predicted molar refractivity (Wildman–Crippen MR) is 230 cm³/mol. The third kappa shape index (κ3) is 10.4. The monoisotopic (exact) mass is 874 g/mol. The molecular formula is C40H64Cl2N14O4. The van der Waals surface area contributed by atoms with Crippen LogP contribution in [0.15, 0.2) is 0 Å². The molecule has 332 valence electrons. The minimum Gasteiger partial charge on any atom is -0.357 e. The van der Waals surface area contributed by atoms with Crippen LogP contribution >= 0.6 is 24.0 Å². The number of aromatic nitrogens is 6. The maximum Gasteiger partial charge on any atom is 0.317 e. The molecule has 4 saturated carbocycles. The van der Waals surface area contributed by atoms with E-state index in [0.717, 1.165) is 89.4 Å². The van der Waals surface area contributed by atoms with E-state index < -0.39 is 11.4 Å². The molecule has 60 heavy (non-hydrogen) atoms. The van der Waals surface area contributed by atoms with Crippen molar-refractivity contribution in [2.75, 3.05) is 55.4 Å². The van der Waals surface area contributed by atoms with Crippen LogP contribution in [-0.2, 0) is 9.47 Å². The van der Waals surface area contributed by atoms with Crippen molar-refractivity contribution in [3.63, 3.8) is 0 Å². The van der Waals surface area contributed by atoms with Crippen LogP contribution in [0.4, 0.5) is 27.4 Å². The number of ether oxygens (including phenoxy) is 2. The first kappa shape index (κ1) is 44.5. The maximum absolute atomic E-state index is 12.7. The lowest BCUT2D eigenvalue weighted by Gasteiger charge is -2.56. The second-order valence-electron chi connectivity index (χ2n) is 18.1. The lowest BCUT2D eigenvalue weighted by molar-refractivity contribution is -0.228. The zero-order valence-corrected chi connectivity index (χ0v) is 37.0. The maximum atomic E-state index is 12.7. The van der Waals surface area contributed by atoms with E-state index in [1.165, 1.54) is 45.6 Å². The number of nitrogens with one attached hydrogen (secondary N) is 5. The van der Waals surface area contributed by atoms with Crippen molar-refractivity contribution in [2.45, 2.75) is 139 Å². The fourth-order valence-corrected chi connectivity index (χ4v) is 11.8. The molecule has 2 aromatic heterocycles. The summed E-state index contributed by atoms with van der Waals surface area (Å²) < 4.78 is 12.5. The number of piperidine rings is 2. The average Bonchev–Trinajstić information content (AvgIpc) is 3.17. The molecule has 4 aliphatic carbocycles. The number of urea groups is 2. The Labute approximate surface area is 364 Å². The summed E-state index contributed by atoms with van der Waals surface area (Å²) in [7, 11) is 3.31. The number of nitrogens with two attached hydrogens (primary N) is 1. The molecule has 0 radical (unpaired) electrons. The van der Waals surface area contributed by atoms with Gasteiger partial charge in [-0.15, -0.1) is 12.4 Å². The van der Waals surface area contributed by atoms with Gasteiger partial charge in [-0.25, -0.2) is 14.6 Å². The number of rotatable bonds is 7. The molecule has 4 atom stereocenters. The van der Waals surface area contributed by atoms with Gasteiger partial charge in [-0.1, -0.05) is 0 Å². The number of halogens is 2. The molecule has 0 spiro atoms. The Morgan fingerprint density at radius 2 is 1.03 bits per heavy atom. The van der Waals surface area contributed by atoms with Gasteiger partial charge in [0.15, 0.2) is 0 Å². The van der Waals surface area contributed by atoms with Gasteiger partial charge in [0.2, 0.25) is 23.1 Å². The topological polar surface area (TPSA) is 223 Å². The molecular weight excluding hydrogens is 811 g/mol. The molecule has 0 aromatic carbocycles. The summed E-state index contributed by atoms with van der Waals surface area (Å²) in [5, 5.41) is 15.9. The molecule has 8 heterocycles. The third-order valence-corrected chi connectivity index (χ3v) is 13.7. The summed E-state index contributed by atoms with van der Waals surface area (Å²) in [5.41, 5.74) is 3.64. The molecule has 10 aliphatic rings. The number of amides is 4. The van der Waals surface area contributed by atoms with Crippen molar-refractivity contribution in [1.82, 2.24) is 51.2 Å². The van der Waals surface area contributed by atoms with Gasteiger partial charge in [0.25, 0.3) is 0 Å². The van der Waals surface area contributed by atoms with Crippen LogP contribution in [-0.4, -0.2) is 118 Å². The molecule has 2 aromatic rings. The highest BCUT2D eigenvalue weighted by molar-refractivity contribution is 6.28. The summed E-state index contributed by atoms with van der Waals surface area (Å²) in [6.45, 7) is 6.85. The van der Waals surface area contributed by atoms with Crippen LogP contribution in [0.2, 0.25) is 5.28 Å². The molecule has 6 saturated heterocycles. The number of nitrogens with zero attached hydrogens (tertiary/aromatic N) is 8. The van der Waals surface area contributed by atoms with Crippen molar-refractivity contribution in [3.05, 3.63) is 16.9 Å². The van der Waals surface area contributed by atoms with Crippen LogP contribution < -0.4 is 42.1 Å².